The number of amides is 1. The molecule has 0 atom stereocenters. The van der Waals surface area contributed by atoms with Crippen molar-refractivity contribution in [3.05, 3.63) is 54.1 Å². The van der Waals surface area contributed by atoms with Crippen LogP contribution in [0.4, 0.5) is 4.79 Å². The molecule has 0 unspecified atom stereocenters. The van der Waals surface area contributed by atoms with Crippen LogP contribution in [0.2, 0.25) is 0 Å². The predicted molar refractivity (Wildman–Crippen MR) is 129 cm³/mol. The van der Waals surface area contributed by atoms with Crippen molar-refractivity contribution in [3.63, 3.8) is 0 Å². The first-order valence-corrected chi connectivity index (χ1v) is 11.1. The third-order valence-electron chi connectivity index (χ3n) is 4.68. The van der Waals surface area contributed by atoms with Crippen LogP contribution in [-0.2, 0) is 24.2 Å². The lowest BCUT2D eigenvalue weighted by Gasteiger charge is -2.29. The number of hydrogen-bond donors (Lipinski definition) is 3. The highest BCUT2D eigenvalue weighted by Gasteiger charge is 2.24. The summed E-state index contributed by atoms with van der Waals surface area (Å²) in [4.78, 5) is 20.8. The summed E-state index contributed by atoms with van der Waals surface area (Å²) in [6.45, 7) is 11.3. The second-order valence-electron chi connectivity index (χ2n) is 9.42. The first-order valence-electron chi connectivity index (χ1n) is 11.1. The van der Waals surface area contributed by atoms with E-state index in [9.17, 15) is 4.79 Å². The quantitative estimate of drug-likeness (QED) is 0.408. The molecule has 1 amide bonds. The molecular formula is C24H38N6O2. The number of imidazole rings is 1. The first kappa shape index (κ1) is 25.2. The zero-order chi connectivity index (χ0) is 23.6. The maximum absolute atomic E-state index is 12.1. The Morgan fingerprint density at radius 1 is 1.12 bits per heavy atom. The van der Waals surface area contributed by atoms with Gasteiger partial charge in [0.25, 0.3) is 0 Å². The Morgan fingerprint density at radius 2 is 1.84 bits per heavy atom. The van der Waals surface area contributed by atoms with Gasteiger partial charge in [0.1, 0.15) is 11.4 Å². The zero-order valence-electron chi connectivity index (χ0n) is 20.2. The number of guanidine groups is 1. The van der Waals surface area contributed by atoms with Crippen molar-refractivity contribution in [2.45, 2.75) is 71.7 Å². The summed E-state index contributed by atoms with van der Waals surface area (Å²) in [6, 6.07) is 10.5. The summed E-state index contributed by atoms with van der Waals surface area (Å²) < 4.78 is 7.51. The summed E-state index contributed by atoms with van der Waals surface area (Å²) in [5.74, 6) is 1.59. The highest BCUT2D eigenvalue weighted by Crippen LogP contribution is 2.09. The van der Waals surface area contributed by atoms with E-state index in [-0.39, 0.29) is 0 Å². The largest absolute Gasteiger partial charge is 0.444 e. The van der Waals surface area contributed by atoms with Crippen molar-refractivity contribution in [1.29, 1.82) is 0 Å². The number of nitrogens with zero attached hydrogens (tertiary/aromatic N) is 3. The summed E-state index contributed by atoms with van der Waals surface area (Å²) in [5, 5.41) is 9.44. The van der Waals surface area contributed by atoms with Crippen molar-refractivity contribution < 1.29 is 9.53 Å². The average molecular weight is 443 g/mol. The molecule has 0 spiro atoms. The van der Waals surface area contributed by atoms with Crippen LogP contribution >= 0.6 is 0 Å². The Balaban J connectivity index is 1.79. The Morgan fingerprint density at radius 3 is 2.50 bits per heavy atom. The van der Waals surface area contributed by atoms with E-state index in [1.54, 1.807) is 7.05 Å². The van der Waals surface area contributed by atoms with Gasteiger partial charge in [-0.3, -0.25) is 4.99 Å². The molecule has 2 aromatic rings. The number of carbonyl (C=O) groups is 1. The number of nitrogens with one attached hydrogen (secondary N) is 3. The van der Waals surface area contributed by atoms with Crippen LogP contribution in [-0.4, -0.2) is 46.3 Å². The number of aliphatic imine (C=N–C) groups is 1. The highest BCUT2D eigenvalue weighted by molar-refractivity contribution is 5.79. The van der Waals surface area contributed by atoms with Gasteiger partial charge < -0.3 is 25.3 Å². The van der Waals surface area contributed by atoms with Gasteiger partial charge >= 0.3 is 6.09 Å². The van der Waals surface area contributed by atoms with Crippen LogP contribution in [0, 0.1) is 0 Å². The molecule has 0 bridgehead atoms. The SMILES string of the molecule is CN=C(NCc1nccn1CCCc1ccccc1)NCC(C)(C)NC(=O)OC(C)(C)C. The molecule has 2 rings (SSSR count). The molecule has 8 heteroatoms. The van der Waals surface area contributed by atoms with Gasteiger partial charge in [-0.2, -0.15) is 0 Å². The molecule has 3 N–H and O–H groups in total. The van der Waals surface area contributed by atoms with E-state index >= 15 is 0 Å². The second kappa shape index (κ2) is 11.5. The van der Waals surface area contributed by atoms with Gasteiger partial charge in [0.15, 0.2) is 5.96 Å². The smallest absolute Gasteiger partial charge is 0.408 e. The Hall–Kier alpha value is -3.03. The average Bonchev–Trinajstić information content (AvgIpc) is 3.14. The minimum atomic E-state index is -0.534. The van der Waals surface area contributed by atoms with Gasteiger partial charge in [-0.25, -0.2) is 9.78 Å². The van der Waals surface area contributed by atoms with Gasteiger partial charge in [-0.05, 0) is 53.0 Å². The lowest BCUT2D eigenvalue weighted by molar-refractivity contribution is 0.0474. The number of alkyl carbamates (subject to hydrolysis) is 1. The molecule has 0 radical (unpaired) electrons. The third kappa shape index (κ3) is 9.41. The standard InChI is InChI=1S/C24H38N6O2/c1-23(2,3)32-22(31)29-24(4,5)18-28-21(25-6)27-17-20-26-14-16-30(20)15-10-13-19-11-8-7-9-12-19/h7-9,11-12,14,16H,10,13,15,17-18H2,1-6H3,(H,29,31)(H2,25,27,28). The zero-order valence-corrected chi connectivity index (χ0v) is 20.2. The van der Waals surface area contributed by atoms with E-state index in [0.29, 0.717) is 19.0 Å². The summed E-state index contributed by atoms with van der Waals surface area (Å²) in [5.41, 5.74) is 0.295. The highest BCUT2D eigenvalue weighted by atomic mass is 16.6. The number of rotatable bonds is 9. The van der Waals surface area contributed by atoms with Crippen LogP contribution in [0.25, 0.3) is 0 Å². The van der Waals surface area contributed by atoms with Crippen LogP contribution in [0.5, 0.6) is 0 Å². The molecule has 1 aromatic carbocycles. The molecule has 176 valence electrons. The van der Waals surface area contributed by atoms with Gasteiger partial charge in [-0.1, -0.05) is 30.3 Å². The Labute approximate surface area is 191 Å². The van der Waals surface area contributed by atoms with E-state index in [0.717, 1.165) is 25.2 Å². The van der Waals surface area contributed by atoms with Crippen molar-refractivity contribution in [3.8, 4) is 0 Å². The normalized spacial score (nSPS) is 12.4. The molecule has 0 saturated heterocycles. The summed E-state index contributed by atoms with van der Waals surface area (Å²) in [7, 11) is 1.72. The maximum atomic E-state index is 12.1. The molecule has 1 aromatic heterocycles. The molecule has 0 saturated carbocycles. The summed E-state index contributed by atoms with van der Waals surface area (Å²) in [6.07, 6.45) is 5.47. The topological polar surface area (TPSA) is 92.6 Å². The summed E-state index contributed by atoms with van der Waals surface area (Å²) >= 11 is 0. The van der Waals surface area contributed by atoms with E-state index in [1.165, 1.54) is 5.56 Å². The second-order valence-corrected chi connectivity index (χ2v) is 9.42. The van der Waals surface area contributed by atoms with Crippen LogP contribution < -0.4 is 16.0 Å². The minimum absolute atomic E-state index is 0.440. The van der Waals surface area contributed by atoms with Crippen LogP contribution in [0.1, 0.15) is 52.4 Å². The predicted octanol–water partition coefficient (Wildman–Crippen LogP) is 3.48. The third-order valence-corrected chi connectivity index (χ3v) is 4.68. The van der Waals surface area contributed by atoms with E-state index < -0.39 is 17.2 Å². The van der Waals surface area contributed by atoms with Gasteiger partial charge in [0, 0.05) is 32.5 Å². The Bertz CT molecular complexity index is 868. The number of aromatic nitrogens is 2. The number of benzene rings is 1. The maximum Gasteiger partial charge on any atom is 0.408 e. The fourth-order valence-corrected chi connectivity index (χ4v) is 3.12. The number of hydrogen-bond acceptors (Lipinski definition) is 4. The Kier molecular flexibility index (Phi) is 9.11. The first-order chi connectivity index (χ1) is 15.1. The monoisotopic (exact) mass is 442 g/mol. The van der Waals surface area contributed by atoms with E-state index in [4.69, 9.17) is 4.74 Å². The van der Waals surface area contributed by atoms with Crippen molar-refractivity contribution in [2.24, 2.45) is 4.99 Å². The molecule has 1 heterocycles. The van der Waals surface area contributed by atoms with Gasteiger partial charge in [-0.15, -0.1) is 0 Å². The van der Waals surface area contributed by atoms with E-state index in [2.05, 4.69) is 54.8 Å². The minimum Gasteiger partial charge on any atom is -0.444 e. The molecule has 0 aliphatic rings. The molecule has 0 aliphatic carbocycles. The van der Waals surface area contributed by atoms with E-state index in [1.807, 2.05) is 53.1 Å². The van der Waals surface area contributed by atoms with Crippen molar-refractivity contribution >= 4 is 12.1 Å². The van der Waals surface area contributed by atoms with Crippen molar-refractivity contribution in [2.75, 3.05) is 13.6 Å². The lowest BCUT2D eigenvalue weighted by Crippen LogP contribution is -2.54. The van der Waals surface area contributed by atoms with Crippen LogP contribution in [0.15, 0.2) is 47.7 Å². The van der Waals surface area contributed by atoms with Gasteiger partial charge in [0.2, 0.25) is 0 Å². The number of ether oxygens (including phenoxy) is 1. The fourth-order valence-electron chi connectivity index (χ4n) is 3.12. The number of aryl methyl sites for hydroxylation is 2. The van der Waals surface area contributed by atoms with Gasteiger partial charge in [0.05, 0.1) is 12.1 Å². The van der Waals surface area contributed by atoms with Crippen molar-refractivity contribution in [1.82, 2.24) is 25.5 Å². The molecular weight excluding hydrogens is 404 g/mol. The molecule has 0 aliphatic heterocycles. The molecule has 32 heavy (non-hydrogen) atoms. The van der Waals surface area contributed by atoms with Crippen LogP contribution in [0.3, 0.4) is 0 Å². The lowest BCUT2D eigenvalue weighted by atomic mass is 10.1. The number of carbonyl (C=O) groups excluding carboxylic acids is 1. The molecule has 0 fully saturated rings. The molecule has 8 nitrogen and oxygen atoms in total. The fraction of sp³-hybridized carbons (Fsp3) is 0.542.